The molecule has 2 aromatic rings. The van der Waals surface area contributed by atoms with E-state index in [0.29, 0.717) is 19.5 Å². The Labute approximate surface area is 198 Å². The predicted molar refractivity (Wildman–Crippen MR) is 135 cm³/mol. The maximum absolute atomic E-state index is 10.3. The van der Waals surface area contributed by atoms with E-state index < -0.39 is 6.10 Å². The lowest BCUT2D eigenvalue weighted by Crippen LogP contribution is -2.41. The number of aliphatic hydroxyl groups excluding tert-OH is 1. The van der Waals surface area contributed by atoms with Crippen LogP contribution in [0.4, 0.5) is 0 Å². The van der Waals surface area contributed by atoms with Crippen LogP contribution in [0.3, 0.4) is 0 Å². The minimum Gasteiger partial charge on any atom is -0.391 e. The van der Waals surface area contributed by atoms with Crippen LogP contribution in [0, 0.1) is 0 Å². The van der Waals surface area contributed by atoms with Gasteiger partial charge in [-0.05, 0) is 49.5 Å². The third-order valence-electron chi connectivity index (χ3n) is 5.21. The molecule has 0 amide bonds. The van der Waals surface area contributed by atoms with Crippen molar-refractivity contribution in [2.75, 3.05) is 26.2 Å². The molecule has 5 nitrogen and oxygen atoms in total. The Morgan fingerprint density at radius 1 is 0.967 bits per heavy atom. The number of hydrogen-bond acceptors (Lipinski definition) is 3. The maximum Gasteiger partial charge on any atom is 0.191 e. The molecule has 0 aliphatic carbocycles. The molecule has 6 heteroatoms. The van der Waals surface area contributed by atoms with Crippen LogP contribution >= 0.6 is 24.0 Å². The van der Waals surface area contributed by atoms with Crippen LogP contribution in [0.25, 0.3) is 0 Å². The zero-order chi connectivity index (χ0) is 20.3. The maximum atomic E-state index is 10.3. The monoisotopic (exact) mass is 522 g/mol. The number of rotatable bonds is 9. The zero-order valence-electron chi connectivity index (χ0n) is 17.9. The van der Waals surface area contributed by atoms with Crippen molar-refractivity contribution in [3.8, 4) is 0 Å². The Balaban J connectivity index is 0.00000320. The van der Waals surface area contributed by atoms with Crippen LogP contribution in [0.15, 0.2) is 59.6 Å². The summed E-state index contributed by atoms with van der Waals surface area (Å²) in [5.41, 5.74) is 3.70. The van der Waals surface area contributed by atoms with E-state index in [9.17, 15) is 5.11 Å². The number of guanidine groups is 1. The van der Waals surface area contributed by atoms with Gasteiger partial charge in [-0.15, -0.1) is 24.0 Å². The second-order valence-electron chi connectivity index (χ2n) is 7.72. The third-order valence-corrected chi connectivity index (χ3v) is 5.21. The van der Waals surface area contributed by atoms with E-state index in [4.69, 9.17) is 0 Å². The highest BCUT2D eigenvalue weighted by atomic mass is 127. The van der Waals surface area contributed by atoms with Gasteiger partial charge in [0.05, 0.1) is 12.6 Å². The summed E-state index contributed by atoms with van der Waals surface area (Å²) in [6.07, 6.45) is 2.83. The van der Waals surface area contributed by atoms with Gasteiger partial charge in [-0.25, -0.2) is 4.99 Å². The minimum absolute atomic E-state index is 0. The molecule has 164 valence electrons. The molecule has 1 atom stereocenters. The van der Waals surface area contributed by atoms with Gasteiger partial charge in [0.15, 0.2) is 5.96 Å². The van der Waals surface area contributed by atoms with E-state index in [1.54, 1.807) is 0 Å². The standard InChI is InChI=1S/C24H34N4O.HI/c1-2-25-24(27-18-23(29)16-20-8-4-3-5-9-20)26-17-21-10-12-22(13-11-21)19-28-14-6-7-15-28;/h3-5,8-13,23,29H,2,6-7,14-19H2,1H3,(H2,25,26,27);1H. The van der Waals surface area contributed by atoms with Crippen LogP contribution < -0.4 is 10.6 Å². The van der Waals surface area contributed by atoms with Gasteiger partial charge in [-0.1, -0.05) is 54.6 Å². The van der Waals surface area contributed by atoms with Gasteiger partial charge in [-0.3, -0.25) is 4.90 Å². The van der Waals surface area contributed by atoms with Crippen molar-refractivity contribution in [2.45, 2.75) is 45.4 Å². The van der Waals surface area contributed by atoms with Crippen molar-refractivity contribution in [1.29, 1.82) is 0 Å². The summed E-state index contributed by atoms with van der Waals surface area (Å²) in [7, 11) is 0. The Hall–Kier alpha value is -1.64. The van der Waals surface area contributed by atoms with Gasteiger partial charge < -0.3 is 15.7 Å². The average molecular weight is 522 g/mol. The zero-order valence-corrected chi connectivity index (χ0v) is 20.2. The third kappa shape index (κ3) is 8.62. The van der Waals surface area contributed by atoms with Crippen LogP contribution in [0.1, 0.15) is 36.5 Å². The number of nitrogens with one attached hydrogen (secondary N) is 2. The summed E-state index contributed by atoms with van der Waals surface area (Å²) in [6, 6.07) is 18.8. The smallest absolute Gasteiger partial charge is 0.191 e. The van der Waals surface area contributed by atoms with Gasteiger partial charge in [0.2, 0.25) is 0 Å². The number of aliphatic imine (C=N–C) groups is 1. The topological polar surface area (TPSA) is 59.9 Å². The molecular weight excluding hydrogens is 487 g/mol. The summed E-state index contributed by atoms with van der Waals surface area (Å²) in [5, 5.41) is 16.8. The number of nitrogens with zero attached hydrogens (tertiary/aromatic N) is 2. The van der Waals surface area contributed by atoms with E-state index in [2.05, 4.69) is 44.8 Å². The van der Waals surface area contributed by atoms with E-state index in [1.807, 2.05) is 37.3 Å². The Morgan fingerprint density at radius 3 is 2.30 bits per heavy atom. The Morgan fingerprint density at radius 2 is 1.63 bits per heavy atom. The Kier molecular flexibility index (Phi) is 11.2. The molecule has 3 rings (SSSR count). The van der Waals surface area contributed by atoms with Crippen molar-refractivity contribution in [3.05, 3.63) is 71.3 Å². The van der Waals surface area contributed by atoms with Gasteiger partial charge in [0.25, 0.3) is 0 Å². The summed E-state index contributed by atoms with van der Waals surface area (Å²) in [6.45, 7) is 7.41. The van der Waals surface area contributed by atoms with E-state index >= 15 is 0 Å². The van der Waals surface area contributed by atoms with Gasteiger partial charge in [0, 0.05) is 26.1 Å². The molecule has 30 heavy (non-hydrogen) atoms. The molecule has 0 radical (unpaired) electrons. The first-order chi connectivity index (χ1) is 14.2. The second-order valence-corrected chi connectivity index (χ2v) is 7.72. The molecule has 3 N–H and O–H groups in total. The summed E-state index contributed by atoms with van der Waals surface area (Å²) < 4.78 is 0. The molecule has 1 aliphatic heterocycles. The first-order valence-corrected chi connectivity index (χ1v) is 10.8. The molecule has 0 spiro atoms. The molecule has 1 saturated heterocycles. The van der Waals surface area contributed by atoms with Crippen LogP contribution in [-0.4, -0.2) is 48.2 Å². The van der Waals surface area contributed by atoms with Crippen molar-refractivity contribution in [2.24, 2.45) is 4.99 Å². The number of halogens is 1. The van der Waals surface area contributed by atoms with E-state index in [0.717, 1.165) is 24.6 Å². The molecule has 1 unspecified atom stereocenters. The normalized spacial score (nSPS) is 15.5. The Bertz CT molecular complexity index is 746. The van der Waals surface area contributed by atoms with Crippen LogP contribution in [-0.2, 0) is 19.5 Å². The summed E-state index contributed by atoms with van der Waals surface area (Å²) in [4.78, 5) is 7.18. The van der Waals surface area contributed by atoms with Crippen molar-refractivity contribution in [3.63, 3.8) is 0 Å². The van der Waals surface area contributed by atoms with Crippen molar-refractivity contribution < 1.29 is 5.11 Å². The van der Waals surface area contributed by atoms with Gasteiger partial charge >= 0.3 is 0 Å². The first kappa shape index (κ1) is 24.6. The highest BCUT2D eigenvalue weighted by Crippen LogP contribution is 2.13. The predicted octanol–water partition coefficient (Wildman–Crippen LogP) is 3.56. The van der Waals surface area contributed by atoms with E-state index in [-0.39, 0.29) is 24.0 Å². The van der Waals surface area contributed by atoms with Crippen LogP contribution in [0.5, 0.6) is 0 Å². The summed E-state index contributed by atoms with van der Waals surface area (Å²) >= 11 is 0. The average Bonchev–Trinajstić information content (AvgIpc) is 3.25. The number of hydrogen-bond donors (Lipinski definition) is 3. The van der Waals surface area contributed by atoms with Crippen molar-refractivity contribution >= 4 is 29.9 Å². The fourth-order valence-corrected chi connectivity index (χ4v) is 3.63. The van der Waals surface area contributed by atoms with Crippen molar-refractivity contribution in [1.82, 2.24) is 15.5 Å². The quantitative estimate of drug-likeness (QED) is 0.268. The van der Waals surface area contributed by atoms with Crippen LogP contribution in [0.2, 0.25) is 0 Å². The molecule has 2 aromatic carbocycles. The number of aliphatic hydroxyl groups is 1. The molecule has 0 saturated carbocycles. The molecule has 1 fully saturated rings. The van der Waals surface area contributed by atoms with Gasteiger partial charge in [0.1, 0.15) is 0 Å². The largest absolute Gasteiger partial charge is 0.391 e. The fourth-order valence-electron chi connectivity index (χ4n) is 3.63. The molecule has 0 bridgehead atoms. The number of likely N-dealkylation sites (tertiary alicyclic amines) is 1. The number of benzene rings is 2. The van der Waals surface area contributed by atoms with Gasteiger partial charge in [-0.2, -0.15) is 0 Å². The molecular formula is C24H35IN4O. The SMILES string of the molecule is CCNC(=NCc1ccc(CN2CCCC2)cc1)NCC(O)Cc1ccccc1.I. The fraction of sp³-hybridized carbons (Fsp3) is 0.458. The highest BCUT2D eigenvalue weighted by molar-refractivity contribution is 14.0. The second kappa shape index (κ2) is 13.6. The lowest BCUT2D eigenvalue weighted by atomic mass is 10.1. The highest BCUT2D eigenvalue weighted by Gasteiger charge is 2.11. The first-order valence-electron chi connectivity index (χ1n) is 10.8. The molecule has 1 aliphatic rings. The lowest BCUT2D eigenvalue weighted by Gasteiger charge is -2.16. The molecule has 0 aromatic heterocycles. The lowest BCUT2D eigenvalue weighted by molar-refractivity contribution is 0.177. The minimum atomic E-state index is -0.453. The van der Waals surface area contributed by atoms with E-state index in [1.165, 1.54) is 37.1 Å². The summed E-state index contributed by atoms with van der Waals surface area (Å²) in [5.74, 6) is 0.737. The molecule has 1 heterocycles.